The van der Waals surface area contributed by atoms with E-state index in [2.05, 4.69) is 6.58 Å². The van der Waals surface area contributed by atoms with Crippen LogP contribution in [-0.4, -0.2) is 23.7 Å². The Balaban J connectivity index is 3.00. The van der Waals surface area contributed by atoms with Crippen LogP contribution in [0.3, 0.4) is 0 Å². The molecule has 0 unspecified atom stereocenters. The van der Waals surface area contributed by atoms with Gasteiger partial charge in [0.15, 0.2) is 0 Å². The number of rotatable bonds is 4. The van der Waals surface area contributed by atoms with Crippen molar-refractivity contribution < 1.29 is 19.4 Å². The SMILES string of the molecule is C=CCOC(=O)c1cc(N)cc(C(=O)O)c1. The van der Waals surface area contributed by atoms with Gasteiger partial charge in [0.25, 0.3) is 0 Å². The highest BCUT2D eigenvalue weighted by molar-refractivity contribution is 5.96. The van der Waals surface area contributed by atoms with Gasteiger partial charge in [-0.15, -0.1) is 0 Å². The summed E-state index contributed by atoms with van der Waals surface area (Å²) in [6, 6.07) is 3.84. The average molecular weight is 221 g/mol. The highest BCUT2D eigenvalue weighted by atomic mass is 16.5. The Morgan fingerprint density at radius 3 is 2.56 bits per heavy atom. The van der Waals surface area contributed by atoms with Crippen LogP contribution in [0.2, 0.25) is 0 Å². The summed E-state index contributed by atoms with van der Waals surface area (Å²) in [5, 5.41) is 8.77. The lowest BCUT2D eigenvalue weighted by Gasteiger charge is -2.04. The monoisotopic (exact) mass is 221 g/mol. The number of nitrogen functional groups attached to an aromatic ring is 1. The zero-order valence-electron chi connectivity index (χ0n) is 8.47. The summed E-state index contributed by atoms with van der Waals surface area (Å²) in [5.74, 6) is -1.78. The van der Waals surface area contributed by atoms with Gasteiger partial charge in [0.1, 0.15) is 6.61 Å². The Bertz CT molecular complexity index is 440. The second kappa shape index (κ2) is 4.97. The molecule has 0 fully saturated rings. The number of carboxylic acid groups (broad SMARTS) is 1. The molecule has 1 aromatic carbocycles. The molecule has 0 amide bonds. The third-order valence-corrected chi connectivity index (χ3v) is 1.77. The minimum Gasteiger partial charge on any atom is -0.478 e. The third-order valence-electron chi connectivity index (χ3n) is 1.77. The summed E-state index contributed by atoms with van der Waals surface area (Å²) in [7, 11) is 0. The van der Waals surface area contributed by atoms with Crippen molar-refractivity contribution in [1.29, 1.82) is 0 Å². The number of anilines is 1. The topological polar surface area (TPSA) is 89.6 Å². The molecule has 0 bridgehead atoms. The molecule has 0 radical (unpaired) electrons. The van der Waals surface area contributed by atoms with Crippen molar-refractivity contribution in [3.8, 4) is 0 Å². The van der Waals surface area contributed by atoms with Crippen LogP contribution in [0.15, 0.2) is 30.9 Å². The molecule has 0 aliphatic heterocycles. The summed E-state index contributed by atoms with van der Waals surface area (Å²) in [5.41, 5.74) is 5.73. The Labute approximate surface area is 92.1 Å². The molecule has 0 aromatic heterocycles. The number of nitrogens with two attached hydrogens (primary N) is 1. The third kappa shape index (κ3) is 2.84. The van der Waals surface area contributed by atoms with Gasteiger partial charge in [0.05, 0.1) is 11.1 Å². The molecule has 1 aromatic rings. The predicted molar refractivity (Wildman–Crippen MR) is 58.3 cm³/mol. The first-order valence-corrected chi connectivity index (χ1v) is 4.46. The number of aromatic carboxylic acids is 1. The molecule has 0 saturated carbocycles. The first-order valence-electron chi connectivity index (χ1n) is 4.46. The van der Waals surface area contributed by atoms with Gasteiger partial charge >= 0.3 is 11.9 Å². The van der Waals surface area contributed by atoms with E-state index in [0.29, 0.717) is 0 Å². The van der Waals surface area contributed by atoms with Crippen LogP contribution < -0.4 is 5.73 Å². The van der Waals surface area contributed by atoms with Gasteiger partial charge in [-0.05, 0) is 18.2 Å². The largest absolute Gasteiger partial charge is 0.478 e. The van der Waals surface area contributed by atoms with Gasteiger partial charge in [-0.2, -0.15) is 0 Å². The number of carboxylic acids is 1. The van der Waals surface area contributed by atoms with Crippen molar-refractivity contribution in [1.82, 2.24) is 0 Å². The number of carbonyl (C=O) groups excluding carboxylic acids is 1. The van der Waals surface area contributed by atoms with E-state index in [0.717, 1.165) is 0 Å². The average Bonchev–Trinajstić information content (AvgIpc) is 2.24. The molecule has 84 valence electrons. The summed E-state index contributed by atoms with van der Waals surface area (Å²) < 4.78 is 4.76. The Morgan fingerprint density at radius 1 is 1.38 bits per heavy atom. The zero-order chi connectivity index (χ0) is 12.1. The van der Waals surface area contributed by atoms with Crippen LogP contribution in [0.4, 0.5) is 5.69 Å². The van der Waals surface area contributed by atoms with Crippen molar-refractivity contribution in [2.45, 2.75) is 0 Å². The molecule has 5 heteroatoms. The van der Waals surface area contributed by atoms with E-state index in [1.165, 1.54) is 24.3 Å². The van der Waals surface area contributed by atoms with E-state index >= 15 is 0 Å². The maximum absolute atomic E-state index is 11.4. The number of carbonyl (C=O) groups is 2. The van der Waals surface area contributed by atoms with E-state index in [-0.39, 0.29) is 23.4 Å². The molecule has 0 aliphatic carbocycles. The van der Waals surface area contributed by atoms with Crippen LogP contribution >= 0.6 is 0 Å². The molecule has 1 rings (SSSR count). The normalized spacial score (nSPS) is 9.50. The molecule has 0 saturated heterocycles. The zero-order valence-corrected chi connectivity index (χ0v) is 8.47. The Hall–Kier alpha value is -2.30. The maximum Gasteiger partial charge on any atom is 0.338 e. The summed E-state index contributed by atoms with van der Waals surface area (Å²) in [6.45, 7) is 3.46. The van der Waals surface area contributed by atoms with E-state index in [9.17, 15) is 9.59 Å². The standard InChI is InChI=1S/C11H11NO4/c1-2-3-16-11(15)8-4-7(10(13)14)5-9(12)6-8/h2,4-6H,1,3,12H2,(H,13,14). The minimum atomic E-state index is -1.15. The van der Waals surface area contributed by atoms with Crippen LogP contribution in [0.1, 0.15) is 20.7 Å². The summed E-state index contributed by atoms with van der Waals surface area (Å²) in [6.07, 6.45) is 1.42. The first-order chi connectivity index (χ1) is 7.54. The van der Waals surface area contributed by atoms with Crippen molar-refractivity contribution in [2.75, 3.05) is 12.3 Å². The van der Waals surface area contributed by atoms with E-state index < -0.39 is 11.9 Å². The molecule has 0 heterocycles. The lowest BCUT2D eigenvalue weighted by Crippen LogP contribution is -2.08. The van der Waals surface area contributed by atoms with E-state index in [4.69, 9.17) is 15.6 Å². The Kier molecular flexibility index (Phi) is 3.66. The number of ether oxygens (including phenoxy) is 1. The number of benzene rings is 1. The molecule has 0 aliphatic rings. The quantitative estimate of drug-likeness (QED) is 0.454. The van der Waals surface area contributed by atoms with Crippen LogP contribution in [0.5, 0.6) is 0 Å². The van der Waals surface area contributed by atoms with E-state index in [1.54, 1.807) is 0 Å². The van der Waals surface area contributed by atoms with Gasteiger partial charge in [-0.25, -0.2) is 9.59 Å². The molecule has 0 spiro atoms. The number of hydrogen-bond acceptors (Lipinski definition) is 4. The van der Waals surface area contributed by atoms with Crippen molar-refractivity contribution >= 4 is 17.6 Å². The van der Waals surface area contributed by atoms with Crippen LogP contribution in [0, 0.1) is 0 Å². The highest BCUT2D eigenvalue weighted by Gasteiger charge is 2.11. The second-order valence-corrected chi connectivity index (χ2v) is 3.04. The van der Waals surface area contributed by atoms with Crippen molar-refractivity contribution in [2.24, 2.45) is 0 Å². The van der Waals surface area contributed by atoms with Crippen molar-refractivity contribution in [3.05, 3.63) is 42.0 Å². The van der Waals surface area contributed by atoms with Gasteiger partial charge in [-0.1, -0.05) is 12.7 Å². The van der Waals surface area contributed by atoms with Crippen molar-refractivity contribution in [3.63, 3.8) is 0 Å². The van der Waals surface area contributed by atoms with Gasteiger partial charge in [0, 0.05) is 5.69 Å². The fourth-order valence-electron chi connectivity index (χ4n) is 1.11. The minimum absolute atomic E-state index is 0.0504. The molecular weight excluding hydrogens is 210 g/mol. The smallest absolute Gasteiger partial charge is 0.338 e. The Morgan fingerprint density at radius 2 is 2.00 bits per heavy atom. The molecule has 5 nitrogen and oxygen atoms in total. The lowest BCUT2D eigenvalue weighted by atomic mass is 10.1. The first kappa shape index (κ1) is 11.8. The molecule has 16 heavy (non-hydrogen) atoms. The molecule has 0 atom stereocenters. The van der Waals surface area contributed by atoms with Gasteiger partial charge < -0.3 is 15.6 Å². The van der Waals surface area contributed by atoms with E-state index in [1.807, 2.05) is 0 Å². The van der Waals surface area contributed by atoms with Crippen LogP contribution in [-0.2, 0) is 4.74 Å². The molecule has 3 N–H and O–H groups in total. The highest BCUT2D eigenvalue weighted by Crippen LogP contribution is 2.13. The van der Waals surface area contributed by atoms with Gasteiger partial charge in [0.2, 0.25) is 0 Å². The van der Waals surface area contributed by atoms with Crippen LogP contribution in [0.25, 0.3) is 0 Å². The predicted octanol–water partition coefficient (Wildman–Crippen LogP) is 1.31. The summed E-state index contributed by atoms with van der Waals surface area (Å²) >= 11 is 0. The summed E-state index contributed by atoms with van der Waals surface area (Å²) in [4.78, 5) is 22.1. The lowest BCUT2D eigenvalue weighted by molar-refractivity contribution is 0.0550. The fraction of sp³-hybridized carbons (Fsp3) is 0.0909. The number of esters is 1. The molecular formula is C11H11NO4. The van der Waals surface area contributed by atoms with Gasteiger partial charge in [-0.3, -0.25) is 0 Å². The fourth-order valence-corrected chi connectivity index (χ4v) is 1.11. The maximum atomic E-state index is 11.4. The number of hydrogen-bond donors (Lipinski definition) is 2. The second-order valence-electron chi connectivity index (χ2n) is 3.04.